The third-order valence-electron chi connectivity index (χ3n) is 5.72. The molecule has 0 N–H and O–H groups in total. The van der Waals surface area contributed by atoms with Crippen LogP contribution in [0.15, 0.2) is 35.2 Å². The van der Waals surface area contributed by atoms with E-state index in [2.05, 4.69) is 4.90 Å². The van der Waals surface area contributed by atoms with Gasteiger partial charge in [-0.2, -0.15) is 0 Å². The summed E-state index contributed by atoms with van der Waals surface area (Å²) in [5.41, 5.74) is 0.815. The van der Waals surface area contributed by atoms with E-state index in [9.17, 15) is 13.2 Å². The summed E-state index contributed by atoms with van der Waals surface area (Å²) in [6.45, 7) is 5.29. The second-order valence-corrected chi connectivity index (χ2v) is 10.1. The first-order chi connectivity index (χ1) is 13.4. The van der Waals surface area contributed by atoms with Crippen LogP contribution in [0.1, 0.15) is 31.2 Å². The summed E-state index contributed by atoms with van der Waals surface area (Å²) in [5.74, 6) is 0.738. The molecule has 2 heterocycles. The fourth-order valence-electron chi connectivity index (χ4n) is 3.90. The molecule has 0 aromatic heterocycles. The monoisotopic (exact) mass is 405 g/mol. The summed E-state index contributed by atoms with van der Waals surface area (Å²) in [6.07, 6.45) is 8.15. The Morgan fingerprint density at radius 1 is 1.07 bits per heavy atom. The summed E-state index contributed by atoms with van der Waals surface area (Å²) in [4.78, 5) is 17.2. The van der Waals surface area contributed by atoms with Crippen molar-refractivity contribution in [1.82, 2.24) is 14.1 Å². The minimum Gasteiger partial charge on any atom is -0.339 e. The molecule has 1 aromatic rings. The number of carbonyl (C=O) groups is 1. The van der Waals surface area contributed by atoms with Crippen molar-refractivity contribution in [1.29, 1.82) is 0 Å². The molecule has 0 saturated carbocycles. The van der Waals surface area contributed by atoms with Crippen LogP contribution in [0.2, 0.25) is 0 Å². The van der Waals surface area contributed by atoms with Crippen molar-refractivity contribution < 1.29 is 13.2 Å². The van der Waals surface area contributed by atoms with Crippen LogP contribution in [0.25, 0.3) is 6.08 Å². The molecule has 0 atom stereocenters. The minimum absolute atomic E-state index is 0.0320. The molecule has 3 rings (SSSR count). The molecule has 2 aliphatic rings. The van der Waals surface area contributed by atoms with Crippen LogP contribution in [-0.4, -0.2) is 75.2 Å². The first-order valence-electron chi connectivity index (χ1n) is 10.1. The maximum absolute atomic E-state index is 12.5. The van der Waals surface area contributed by atoms with Gasteiger partial charge < -0.3 is 9.80 Å². The summed E-state index contributed by atoms with van der Waals surface area (Å²) < 4.78 is 25.4. The van der Waals surface area contributed by atoms with Crippen molar-refractivity contribution in [3.8, 4) is 0 Å². The van der Waals surface area contributed by atoms with Crippen molar-refractivity contribution in [2.45, 2.75) is 30.6 Å². The third-order valence-corrected chi connectivity index (χ3v) is 7.55. The summed E-state index contributed by atoms with van der Waals surface area (Å²) >= 11 is 0. The second-order valence-electron chi connectivity index (χ2n) is 7.97. The Kier molecular flexibility index (Phi) is 6.91. The summed E-state index contributed by atoms with van der Waals surface area (Å²) in [5, 5.41) is 0. The molecule has 28 heavy (non-hydrogen) atoms. The average molecular weight is 406 g/mol. The number of hydrogen-bond acceptors (Lipinski definition) is 4. The van der Waals surface area contributed by atoms with Crippen LogP contribution in [0, 0.1) is 5.92 Å². The molecule has 0 aliphatic carbocycles. The van der Waals surface area contributed by atoms with Gasteiger partial charge in [0, 0.05) is 39.8 Å². The number of sulfonamides is 1. The predicted octanol–water partition coefficient (Wildman–Crippen LogP) is 2.28. The van der Waals surface area contributed by atoms with Crippen LogP contribution in [0.3, 0.4) is 0 Å². The Labute approximate surface area is 168 Å². The van der Waals surface area contributed by atoms with Crippen molar-refractivity contribution in [3.63, 3.8) is 0 Å². The SMILES string of the molecule is CN(C)S(=O)(=O)c1ccc(/C=C/C(=O)N2CCC(CN3CCCC3)CC2)cc1. The Bertz CT molecular complexity index is 789. The zero-order valence-corrected chi connectivity index (χ0v) is 17.7. The highest BCUT2D eigenvalue weighted by Crippen LogP contribution is 2.21. The number of piperidine rings is 1. The van der Waals surface area contributed by atoms with E-state index >= 15 is 0 Å². The highest BCUT2D eigenvalue weighted by atomic mass is 32.2. The van der Waals surface area contributed by atoms with Gasteiger partial charge in [0.05, 0.1) is 4.90 Å². The maximum atomic E-state index is 12.5. The Balaban J connectivity index is 1.50. The molecule has 0 unspecified atom stereocenters. The molecule has 2 aliphatic heterocycles. The van der Waals surface area contributed by atoms with Crippen LogP contribution in [0.4, 0.5) is 0 Å². The van der Waals surface area contributed by atoms with Gasteiger partial charge in [-0.3, -0.25) is 4.79 Å². The zero-order valence-electron chi connectivity index (χ0n) is 16.9. The molecule has 7 heteroatoms. The normalized spacial score (nSPS) is 19.8. The quantitative estimate of drug-likeness (QED) is 0.682. The topological polar surface area (TPSA) is 60.9 Å². The minimum atomic E-state index is -3.43. The van der Waals surface area contributed by atoms with Gasteiger partial charge in [-0.05, 0) is 68.5 Å². The lowest BCUT2D eigenvalue weighted by atomic mass is 9.96. The largest absolute Gasteiger partial charge is 0.339 e. The van der Waals surface area contributed by atoms with E-state index in [0.717, 1.165) is 31.5 Å². The molecule has 1 amide bonds. The molecule has 2 saturated heterocycles. The van der Waals surface area contributed by atoms with E-state index in [1.807, 2.05) is 4.90 Å². The maximum Gasteiger partial charge on any atom is 0.246 e. The van der Waals surface area contributed by atoms with Crippen molar-refractivity contribution in [2.24, 2.45) is 5.92 Å². The van der Waals surface area contributed by atoms with Gasteiger partial charge in [-0.15, -0.1) is 0 Å². The number of likely N-dealkylation sites (tertiary alicyclic amines) is 2. The molecule has 0 bridgehead atoms. The van der Waals surface area contributed by atoms with Gasteiger partial charge in [-0.1, -0.05) is 12.1 Å². The smallest absolute Gasteiger partial charge is 0.246 e. The fourth-order valence-corrected chi connectivity index (χ4v) is 4.80. The lowest BCUT2D eigenvalue weighted by Gasteiger charge is -2.33. The molecular formula is C21H31N3O3S. The van der Waals surface area contributed by atoms with E-state index < -0.39 is 10.0 Å². The lowest BCUT2D eigenvalue weighted by Crippen LogP contribution is -2.40. The highest BCUT2D eigenvalue weighted by Gasteiger charge is 2.24. The van der Waals surface area contributed by atoms with E-state index in [4.69, 9.17) is 0 Å². The van der Waals surface area contributed by atoms with Crippen LogP contribution >= 0.6 is 0 Å². The first-order valence-corrected chi connectivity index (χ1v) is 11.5. The van der Waals surface area contributed by atoms with Crippen LogP contribution in [-0.2, 0) is 14.8 Å². The second kappa shape index (κ2) is 9.20. The van der Waals surface area contributed by atoms with E-state index in [0.29, 0.717) is 5.92 Å². The van der Waals surface area contributed by atoms with Crippen molar-refractivity contribution in [3.05, 3.63) is 35.9 Å². The van der Waals surface area contributed by atoms with Gasteiger partial charge in [0.15, 0.2) is 0 Å². The Morgan fingerprint density at radius 3 is 2.25 bits per heavy atom. The average Bonchev–Trinajstić information content (AvgIpc) is 3.20. The third kappa shape index (κ3) is 5.21. The highest BCUT2D eigenvalue weighted by molar-refractivity contribution is 7.89. The van der Waals surface area contributed by atoms with E-state index in [1.165, 1.54) is 50.9 Å². The predicted molar refractivity (Wildman–Crippen MR) is 111 cm³/mol. The number of amides is 1. The molecule has 6 nitrogen and oxygen atoms in total. The Morgan fingerprint density at radius 2 is 1.68 bits per heavy atom. The van der Waals surface area contributed by atoms with E-state index in [1.54, 1.807) is 36.4 Å². The van der Waals surface area contributed by atoms with Crippen LogP contribution in [0.5, 0.6) is 0 Å². The number of nitrogens with zero attached hydrogens (tertiary/aromatic N) is 3. The Hall–Kier alpha value is -1.70. The summed E-state index contributed by atoms with van der Waals surface area (Å²) in [6, 6.07) is 6.59. The lowest BCUT2D eigenvalue weighted by molar-refractivity contribution is -0.127. The van der Waals surface area contributed by atoms with Crippen molar-refractivity contribution >= 4 is 22.0 Å². The summed E-state index contributed by atoms with van der Waals surface area (Å²) in [7, 11) is -0.405. The zero-order chi connectivity index (χ0) is 20.1. The standard InChI is InChI=1S/C21H31N3O3S/c1-22(2)28(26,27)20-8-5-18(6-9-20)7-10-21(25)24-15-11-19(12-16-24)17-23-13-3-4-14-23/h5-10,19H,3-4,11-17H2,1-2H3/b10-7+. The molecule has 154 valence electrons. The van der Waals surface area contributed by atoms with Gasteiger partial charge in [0.1, 0.15) is 0 Å². The molecule has 1 aromatic carbocycles. The van der Waals surface area contributed by atoms with Gasteiger partial charge in [0.2, 0.25) is 15.9 Å². The molecule has 0 spiro atoms. The fraction of sp³-hybridized carbons (Fsp3) is 0.571. The number of hydrogen-bond donors (Lipinski definition) is 0. The van der Waals surface area contributed by atoms with Gasteiger partial charge in [-0.25, -0.2) is 12.7 Å². The first kappa shape index (κ1) is 21.0. The van der Waals surface area contributed by atoms with Crippen LogP contribution < -0.4 is 0 Å². The number of benzene rings is 1. The molecular weight excluding hydrogens is 374 g/mol. The van der Waals surface area contributed by atoms with Gasteiger partial charge in [0.25, 0.3) is 0 Å². The molecule has 0 radical (unpaired) electrons. The van der Waals surface area contributed by atoms with E-state index in [-0.39, 0.29) is 10.8 Å². The number of rotatable bonds is 6. The molecule has 2 fully saturated rings. The van der Waals surface area contributed by atoms with Crippen molar-refractivity contribution in [2.75, 3.05) is 46.8 Å². The van der Waals surface area contributed by atoms with Gasteiger partial charge >= 0.3 is 0 Å². The number of carbonyl (C=O) groups excluding carboxylic acids is 1.